The van der Waals surface area contributed by atoms with Crippen molar-refractivity contribution < 1.29 is 14.3 Å². The summed E-state index contributed by atoms with van der Waals surface area (Å²) >= 11 is 1.35. The van der Waals surface area contributed by atoms with E-state index in [0.29, 0.717) is 17.5 Å². The highest BCUT2D eigenvalue weighted by molar-refractivity contribution is 7.99. The number of carbonyl (C=O) groups is 1. The SMILES string of the molecule is COc1cccc(-n2c(SCC(=O)NC[C@H]3CCCO3)nnc2-c2c[nH]c3ccccc23)c1. The molecule has 0 aliphatic carbocycles. The Balaban J connectivity index is 1.44. The Bertz CT molecular complexity index is 1260. The normalized spacial score (nSPS) is 15.7. The molecule has 9 heteroatoms. The molecule has 0 saturated carbocycles. The van der Waals surface area contributed by atoms with Crippen molar-refractivity contribution in [1.29, 1.82) is 0 Å². The van der Waals surface area contributed by atoms with Crippen LogP contribution in [0.4, 0.5) is 0 Å². The van der Waals surface area contributed by atoms with Crippen LogP contribution < -0.4 is 10.1 Å². The first-order valence-electron chi connectivity index (χ1n) is 10.9. The zero-order chi connectivity index (χ0) is 22.6. The van der Waals surface area contributed by atoms with E-state index in [4.69, 9.17) is 9.47 Å². The molecule has 0 spiro atoms. The number of para-hydroxylation sites is 1. The number of rotatable bonds is 8. The van der Waals surface area contributed by atoms with Crippen LogP contribution in [0.3, 0.4) is 0 Å². The molecule has 8 nitrogen and oxygen atoms in total. The fourth-order valence-corrected chi connectivity index (χ4v) is 4.77. The van der Waals surface area contributed by atoms with E-state index in [-0.39, 0.29) is 17.8 Å². The Morgan fingerprint density at radius 3 is 3.03 bits per heavy atom. The number of ether oxygens (including phenoxy) is 2. The third-order valence-electron chi connectivity index (χ3n) is 5.66. The van der Waals surface area contributed by atoms with Gasteiger partial charge in [0.25, 0.3) is 0 Å². The van der Waals surface area contributed by atoms with Crippen molar-refractivity contribution >= 4 is 28.6 Å². The van der Waals surface area contributed by atoms with E-state index in [2.05, 4.69) is 26.6 Å². The number of benzene rings is 2. The standard InChI is InChI=1S/C24H25N5O3S/c1-31-17-7-4-6-16(12-17)29-23(20-14-25-21-10-3-2-9-19(20)21)27-28-24(29)33-15-22(30)26-13-18-8-5-11-32-18/h2-4,6-7,9-10,12,14,18,25H,5,8,11,13,15H2,1H3,(H,26,30)/t18-/m1/s1. The second-order valence-corrected chi connectivity index (χ2v) is 8.76. The molecule has 0 unspecified atom stereocenters. The number of nitrogens with zero attached hydrogens (tertiary/aromatic N) is 3. The molecule has 3 heterocycles. The maximum Gasteiger partial charge on any atom is 0.230 e. The monoisotopic (exact) mass is 463 g/mol. The lowest BCUT2D eigenvalue weighted by Gasteiger charge is -2.12. The van der Waals surface area contributed by atoms with Crippen LogP contribution in [-0.2, 0) is 9.53 Å². The molecule has 2 aromatic heterocycles. The van der Waals surface area contributed by atoms with Crippen LogP contribution in [0.2, 0.25) is 0 Å². The van der Waals surface area contributed by atoms with Gasteiger partial charge in [-0.15, -0.1) is 10.2 Å². The van der Waals surface area contributed by atoms with Gasteiger partial charge in [-0.25, -0.2) is 0 Å². The highest BCUT2D eigenvalue weighted by atomic mass is 32.2. The van der Waals surface area contributed by atoms with Gasteiger partial charge in [0.1, 0.15) is 5.75 Å². The van der Waals surface area contributed by atoms with Gasteiger partial charge < -0.3 is 19.8 Å². The molecule has 0 radical (unpaired) electrons. The van der Waals surface area contributed by atoms with Gasteiger partial charge in [-0.2, -0.15) is 0 Å². The summed E-state index contributed by atoms with van der Waals surface area (Å²) < 4.78 is 13.0. The van der Waals surface area contributed by atoms with E-state index >= 15 is 0 Å². The summed E-state index contributed by atoms with van der Waals surface area (Å²) in [5, 5.41) is 13.6. The van der Waals surface area contributed by atoms with Gasteiger partial charge >= 0.3 is 0 Å². The van der Waals surface area contributed by atoms with Crippen molar-refractivity contribution in [2.75, 3.05) is 26.0 Å². The number of nitrogens with one attached hydrogen (secondary N) is 2. The van der Waals surface area contributed by atoms with Crippen molar-refractivity contribution in [1.82, 2.24) is 25.1 Å². The largest absolute Gasteiger partial charge is 0.497 e. The number of carbonyl (C=O) groups excluding carboxylic acids is 1. The van der Waals surface area contributed by atoms with Crippen LogP contribution in [-0.4, -0.2) is 57.8 Å². The summed E-state index contributed by atoms with van der Waals surface area (Å²) in [6.45, 7) is 1.32. The van der Waals surface area contributed by atoms with Crippen LogP contribution in [0, 0.1) is 0 Å². The Hall–Kier alpha value is -3.30. The van der Waals surface area contributed by atoms with Crippen molar-refractivity contribution in [3.63, 3.8) is 0 Å². The molecule has 0 bridgehead atoms. The third kappa shape index (κ3) is 4.60. The van der Waals surface area contributed by atoms with Crippen LogP contribution in [0.25, 0.3) is 28.0 Å². The minimum absolute atomic E-state index is 0.0515. The molecule has 1 aliphatic rings. The molecule has 170 valence electrons. The van der Waals surface area contributed by atoms with Crippen molar-refractivity contribution in [3.8, 4) is 22.8 Å². The Labute approximate surface area is 195 Å². The van der Waals surface area contributed by atoms with Crippen LogP contribution in [0.5, 0.6) is 5.75 Å². The van der Waals surface area contributed by atoms with E-state index in [1.165, 1.54) is 11.8 Å². The third-order valence-corrected chi connectivity index (χ3v) is 6.59. The van der Waals surface area contributed by atoms with Gasteiger partial charge in [-0.3, -0.25) is 9.36 Å². The first-order chi connectivity index (χ1) is 16.2. The predicted molar refractivity (Wildman–Crippen MR) is 128 cm³/mol. The van der Waals surface area contributed by atoms with Gasteiger partial charge in [0.05, 0.1) is 24.7 Å². The summed E-state index contributed by atoms with van der Waals surface area (Å²) in [6, 6.07) is 15.8. The quantitative estimate of drug-likeness (QED) is 0.386. The fourth-order valence-electron chi connectivity index (χ4n) is 3.99. The van der Waals surface area contributed by atoms with Gasteiger partial charge in [-0.05, 0) is 31.0 Å². The molecule has 1 fully saturated rings. The van der Waals surface area contributed by atoms with Gasteiger partial charge in [0.15, 0.2) is 11.0 Å². The highest BCUT2D eigenvalue weighted by Gasteiger charge is 2.21. The zero-order valence-corrected chi connectivity index (χ0v) is 19.1. The second-order valence-electron chi connectivity index (χ2n) is 7.82. The number of aromatic nitrogens is 4. The molecular formula is C24H25N5O3S. The summed E-state index contributed by atoms with van der Waals surface area (Å²) in [5.74, 6) is 1.62. The lowest BCUT2D eigenvalue weighted by Crippen LogP contribution is -2.32. The fraction of sp³-hybridized carbons (Fsp3) is 0.292. The van der Waals surface area contributed by atoms with Crippen molar-refractivity contribution in [2.45, 2.75) is 24.1 Å². The number of H-pyrrole nitrogens is 1. The molecule has 1 amide bonds. The summed E-state index contributed by atoms with van der Waals surface area (Å²) in [7, 11) is 1.64. The number of aromatic amines is 1. The van der Waals surface area contributed by atoms with Gasteiger partial charge in [-0.1, -0.05) is 36.0 Å². The van der Waals surface area contributed by atoms with Crippen molar-refractivity contribution in [2.24, 2.45) is 0 Å². The minimum atomic E-state index is -0.0515. The Morgan fingerprint density at radius 1 is 1.27 bits per heavy atom. The Kier molecular flexibility index (Phi) is 6.32. The first-order valence-corrected chi connectivity index (χ1v) is 11.9. The number of methoxy groups -OCH3 is 1. The van der Waals surface area contributed by atoms with E-state index in [9.17, 15) is 4.79 Å². The minimum Gasteiger partial charge on any atom is -0.497 e. The van der Waals surface area contributed by atoms with Crippen LogP contribution in [0.1, 0.15) is 12.8 Å². The van der Waals surface area contributed by atoms with Gasteiger partial charge in [0.2, 0.25) is 5.91 Å². The first kappa shape index (κ1) is 21.5. The summed E-state index contributed by atoms with van der Waals surface area (Å²) in [6.07, 6.45) is 4.10. The molecule has 2 aromatic carbocycles. The maximum atomic E-state index is 12.5. The van der Waals surface area contributed by atoms with Crippen LogP contribution >= 0.6 is 11.8 Å². The molecule has 2 N–H and O–H groups in total. The average molecular weight is 464 g/mol. The van der Waals surface area contributed by atoms with E-state index < -0.39 is 0 Å². The zero-order valence-electron chi connectivity index (χ0n) is 18.3. The summed E-state index contributed by atoms with van der Waals surface area (Å²) in [4.78, 5) is 15.8. The van der Waals surface area contributed by atoms with E-state index in [0.717, 1.165) is 47.4 Å². The number of hydrogen-bond donors (Lipinski definition) is 2. The molecule has 1 saturated heterocycles. The van der Waals surface area contributed by atoms with Gasteiger partial charge in [0, 0.05) is 41.9 Å². The van der Waals surface area contributed by atoms with E-state index in [1.807, 2.05) is 53.2 Å². The molecular weight excluding hydrogens is 438 g/mol. The van der Waals surface area contributed by atoms with Crippen LogP contribution in [0.15, 0.2) is 59.9 Å². The second kappa shape index (κ2) is 9.68. The molecule has 5 rings (SSSR count). The lowest BCUT2D eigenvalue weighted by molar-refractivity contribution is -0.119. The summed E-state index contributed by atoms with van der Waals surface area (Å²) in [5.41, 5.74) is 2.83. The lowest BCUT2D eigenvalue weighted by atomic mass is 10.1. The van der Waals surface area contributed by atoms with Crippen molar-refractivity contribution in [3.05, 3.63) is 54.7 Å². The Morgan fingerprint density at radius 2 is 2.18 bits per heavy atom. The number of amides is 1. The number of fused-ring (bicyclic) bond motifs is 1. The molecule has 4 aromatic rings. The number of hydrogen-bond acceptors (Lipinski definition) is 6. The highest BCUT2D eigenvalue weighted by Crippen LogP contribution is 2.33. The average Bonchev–Trinajstić information content (AvgIpc) is 3.61. The molecule has 1 aliphatic heterocycles. The van der Waals surface area contributed by atoms with E-state index in [1.54, 1.807) is 7.11 Å². The topological polar surface area (TPSA) is 94.1 Å². The number of thioether (sulfide) groups is 1. The molecule has 1 atom stereocenters. The maximum absolute atomic E-state index is 12.5. The predicted octanol–water partition coefficient (Wildman–Crippen LogP) is 3.81. The smallest absolute Gasteiger partial charge is 0.230 e. The molecule has 33 heavy (non-hydrogen) atoms.